The molecule has 3 heterocycles. The molecule has 0 spiro atoms. The number of allylic oxidation sites excluding steroid dienone is 1. The van der Waals surface area contributed by atoms with Crippen molar-refractivity contribution in [2.45, 2.75) is 39.7 Å². The molecule has 0 bridgehead atoms. The number of hydrogen-bond acceptors (Lipinski definition) is 5. The molecule has 1 saturated heterocycles. The quantitative estimate of drug-likeness (QED) is 0.499. The Bertz CT molecular complexity index is 1270. The largest absolute Gasteiger partial charge is 0.508 e. The van der Waals surface area contributed by atoms with Crippen molar-refractivity contribution in [1.29, 1.82) is 0 Å². The highest BCUT2D eigenvalue weighted by atomic mass is 16.5. The number of carbonyl (C=O) groups is 1. The summed E-state index contributed by atoms with van der Waals surface area (Å²) in [6.07, 6.45) is 5.48. The third-order valence-electron chi connectivity index (χ3n) is 7.24. The molecule has 0 saturated carbocycles. The second-order valence-electron chi connectivity index (χ2n) is 9.53. The maximum atomic E-state index is 12.9. The number of ketones is 1. The molecule has 2 aromatic carbocycles. The minimum atomic E-state index is -0.169. The van der Waals surface area contributed by atoms with E-state index in [0.717, 1.165) is 53.3 Å². The molecule has 0 aliphatic carbocycles. The van der Waals surface area contributed by atoms with Crippen molar-refractivity contribution in [3.05, 3.63) is 59.0 Å². The van der Waals surface area contributed by atoms with Crippen LogP contribution >= 0.6 is 0 Å². The Balaban J connectivity index is 1.45. The second kappa shape index (κ2) is 9.18. The number of aromatic hydroxyl groups is 1. The summed E-state index contributed by atoms with van der Waals surface area (Å²) < 4.78 is 13.7. The standard InChI is InChI=1S/C28H32N2O4/c1-18-9-13-29(14-10-18)11-4-12-30-19(2)23(24-16-21(33-3)6-8-25(24)30)17-27-28(32)22-7-5-20(31)15-26(22)34-27/h5-8,15-18,31H,4,9-14H2,1-3H3/b27-17-. The van der Waals surface area contributed by atoms with E-state index >= 15 is 0 Å². The van der Waals surface area contributed by atoms with Gasteiger partial charge in [0.2, 0.25) is 5.78 Å². The highest BCUT2D eigenvalue weighted by molar-refractivity contribution is 6.15. The number of phenols is 1. The minimum Gasteiger partial charge on any atom is -0.508 e. The van der Waals surface area contributed by atoms with Crippen molar-refractivity contribution in [2.75, 3.05) is 26.7 Å². The number of ether oxygens (including phenoxy) is 2. The van der Waals surface area contributed by atoms with Crippen LogP contribution < -0.4 is 9.47 Å². The van der Waals surface area contributed by atoms with Crippen LogP contribution in [0.2, 0.25) is 0 Å². The maximum Gasteiger partial charge on any atom is 0.231 e. The van der Waals surface area contributed by atoms with E-state index in [0.29, 0.717) is 11.3 Å². The molecule has 0 amide bonds. The Morgan fingerprint density at radius 3 is 2.71 bits per heavy atom. The highest BCUT2D eigenvalue weighted by Gasteiger charge is 2.28. The number of aromatic nitrogens is 1. The summed E-state index contributed by atoms with van der Waals surface area (Å²) >= 11 is 0. The first-order chi connectivity index (χ1) is 16.4. The van der Waals surface area contributed by atoms with Crippen LogP contribution in [0.25, 0.3) is 17.0 Å². The number of Topliss-reactive ketones (excluding diaryl/α,β-unsaturated/α-hetero) is 1. The fraction of sp³-hybridized carbons (Fsp3) is 0.393. The summed E-state index contributed by atoms with van der Waals surface area (Å²) in [4.78, 5) is 15.5. The van der Waals surface area contributed by atoms with Crippen LogP contribution in [-0.4, -0.2) is 47.1 Å². The molecule has 5 rings (SSSR count). The number of fused-ring (bicyclic) bond motifs is 2. The van der Waals surface area contributed by atoms with E-state index in [-0.39, 0.29) is 17.3 Å². The molecule has 3 aromatic rings. The fourth-order valence-electron chi connectivity index (χ4n) is 5.13. The van der Waals surface area contributed by atoms with Gasteiger partial charge in [0.05, 0.1) is 12.7 Å². The zero-order valence-electron chi connectivity index (χ0n) is 20.1. The van der Waals surface area contributed by atoms with Gasteiger partial charge in [0.1, 0.15) is 17.2 Å². The molecule has 0 unspecified atom stereocenters. The van der Waals surface area contributed by atoms with Gasteiger partial charge in [-0.3, -0.25) is 4.79 Å². The SMILES string of the molecule is COc1ccc2c(c1)c(/C=C1\Oc3cc(O)ccc3C1=O)c(C)n2CCCN1CCC(C)CC1. The number of phenolic OH excluding ortho intramolecular Hbond substituents is 1. The third kappa shape index (κ3) is 4.18. The molecule has 6 nitrogen and oxygen atoms in total. The van der Waals surface area contributed by atoms with Gasteiger partial charge >= 0.3 is 0 Å². The van der Waals surface area contributed by atoms with Gasteiger partial charge in [0.25, 0.3) is 0 Å². The predicted molar refractivity (Wildman–Crippen MR) is 134 cm³/mol. The number of rotatable bonds is 6. The van der Waals surface area contributed by atoms with E-state index in [1.807, 2.05) is 18.2 Å². The van der Waals surface area contributed by atoms with Crippen molar-refractivity contribution >= 4 is 22.8 Å². The molecular weight excluding hydrogens is 428 g/mol. The lowest BCUT2D eigenvalue weighted by Gasteiger charge is -2.30. The number of aryl methyl sites for hydroxylation is 1. The van der Waals surface area contributed by atoms with Crippen molar-refractivity contribution in [1.82, 2.24) is 9.47 Å². The summed E-state index contributed by atoms with van der Waals surface area (Å²) in [5.41, 5.74) is 3.65. The Morgan fingerprint density at radius 2 is 1.94 bits per heavy atom. The smallest absolute Gasteiger partial charge is 0.231 e. The molecule has 6 heteroatoms. The Kier molecular flexibility index (Phi) is 6.09. The molecule has 0 radical (unpaired) electrons. The number of benzene rings is 2. The zero-order chi connectivity index (χ0) is 23.8. The van der Waals surface area contributed by atoms with Gasteiger partial charge < -0.3 is 24.0 Å². The van der Waals surface area contributed by atoms with E-state index in [2.05, 4.69) is 29.4 Å². The van der Waals surface area contributed by atoms with E-state index in [9.17, 15) is 9.90 Å². The van der Waals surface area contributed by atoms with Gasteiger partial charge in [-0.1, -0.05) is 6.92 Å². The number of likely N-dealkylation sites (tertiary alicyclic amines) is 1. The Labute approximate surface area is 200 Å². The molecule has 34 heavy (non-hydrogen) atoms. The Hall–Kier alpha value is -3.25. The lowest BCUT2D eigenvalue weighted by Crippen LogP contribution is -2.34. The molecule has 0 atom stereocenters. The first kappa shape index (κ1) is 22.5. The number of carbonyl (C=O) groups excluding carboxylic acids is 1. The third-order valence-corrected chi connectivity index (χ3v) is 7.24. The van der Waals surface area contributed by atoms with Crippen molar-refractivity contribution in [3.63, 3.8) is 0 Å². The number of piperidine rings is 1. The minimum absolute atomic E-state index is 0.0773. The first-order valence-electron chi connectivity index (χ1n) is 12.1. The topological polar surface area (TPSA) is 63.9 Å². The van der Waals surface area contributed by atoms with Gasteiger partial charge in [0.15, 0.2) is 5.76 Å². The normalized spacial score (nSPS) is 18.0. The summed E-state index contributed by atoms with van der Waals surface area (Å²) in [7, 11) is 1.66. The van der Waals surface area contributed by atoms with Gasteiger partial charge in [-0.05, 0) is 88.1 Å². The van der Waals surface area contributed by atoms with Crippen LogP contribution in [0.1, 0.15) is 47.8 Å². The lowest BCUT2D eigenvalue weighted by molar-refractivity contribution is 0.101. The zero-order valence-corrected chi connectivity index (χ0v) is 20.1. The highest BCUT2D eigenvalue weighted by Crippen LogP contribution is 2.37. The van der Waals surface area contributed by atoms with Crippen LogP contribution in [-0.2, 0) is 6.54 Å². The Morgan fingerprint density at radius 1 is 1.15 bits per heavy atom. The van der Waals surface area contributed by atoms with E-state index in [1.54, 1.807) is 13.2 Å². The van der Waals surface area contributed by atoms with Gasteiger partial charge in [-0.15, -0.1) is 0 Å². The summed E-state index contributed by atoms with van der Waals surface area (Å²) in [6, 6.07) is 10.7. The average molecular weight is 461 g/mol. The molecule has 2 aliphatic heterocycles. The summed E-state index contributed by atoms with van der Waals surface area (Å²) in [6.45, 7) is 8.83. The first-order valence-corrected chi connectivity index (χ1v) is 12.1. The maximum absolute atomic E-state index is 12.9. The number of hydrogen-bond donors (Lipinski definition) is 1. The van der Waals surface area contributed by atoms with Crippen LogP contribution in [0.5, 0.6) is 17.2 Å². The summed E-state index contributed by atoms with van der Waals surface area (Å²) in [5, 5.41) is 10.8. The van der Waals surface area contributed by atoms with Crippen LogP contribution in [0.4, 0.5) is 0 Å². The molecule has 178 valence electrons. The predicted octanol–water partition coefficient (Wildman–Crippen LogP) is 5.40. The van der Waals surface area contributed by atoms with Gasteiger partial charge in [-0.2, -0.15) is 0 Å². The van der Waals surface area contributed by atoms with E-state index < -0.39 is 0 Å². The van der Waals surface area contributed by atoms with Crippen LogP contribution in [0, 0.1) is 12.8 Å². The molecule has 2 aliphatic rings. The second-order valence-corrected chi connectivity index (χ2v) is 9.53. The van der Waals surface area contributed by atoms with Crippen LogP contribution in [0.15, 0.2) is 42.2 Å². The van der Waals surface area contributed by atoms with Crippen LogP contribution in [0.3, 0.4) is 0 Å². The fourth-order valence-corrected chi connectivity index (χ4v) is 5.13. The van der Waals surface area contributed by atoms with E-state index in [1.165, 1.54) is 38.1 Å². The van der Waals surface area contributed by atoms with Crippen molar-refractivity contribution in [2.24, 2.45) is 5.92 Å². The van der Waals surface area contributed by atoms with Gasteiger partial charge in [-0.25, -0.2) is 0 Å². The molecular formula is C28H32N2O4. The number of methoxy groups -OCH3 is 1. The molecule has 1 fully saturated rings. The average Bonchev–Trinajstić information content (AvgIpc) is 3.28. The van der Waals surface area contributed by atoms with E-state index in [4.69, 9.17) is 9.47 Å². The molecule has 1 aromatic heterocycles. The van der Waals surface area contributed by atoms with Gasteiger partial charge in [0, 0.05) is 34.8 Å². The monoisotopic (exact) mass is 460 g/mol. The molecule has 1 N–H and O–H groups in total. The summed E-state index contributed by atoms with van der Waals surface area (Å²) in [5.74, 6) is 2.19. The van der Waals surface area contributed by atoms with Crippen molar-refractivity contribution < 1.29 is 19.4 Å². The number of nitrogens with zero attached hydrogens (tertiary/aromatic N) is 2. The van der Waals surface area contributed by atoms with Crippen molar-refractivity contribution in [3.8, 4) is 17.2 Å². The lowest BCUT2D eigenvalue weighted by atomic mass is 9.99.